The molecule has 0 bridgehead atoms. The van der Waals surface area contributed by atoms with Crippen LogP contribution in [-0.2, 0) is 4.79 Å². The zero-order valence-electron chi connectivity index (χ0n) is 14.2. The molecule has 2 rings (SSSR count). The Bertz CT molecular complexity index is 740. The molecular weight excluding hydrogens is 322 g/mol. The van der Waals surface area contributed by atoms with Crippen molar-refractivity contribution in [3.05, 3.63) is 53.6 Å². The van der Waals surface area contributed by atoms with Crippen LogP contribution >= 0.6 is 0 Å². The molecule has 0 aliphatic carbocycles. The van der Waals surface area contributed by atoms with E-state index < -0.39 is 5.97 Å². The third-order valence-electron chi connectivity index (χ3n) is 3.52. The molecule has 6 heteroatoms. The lowest BCUT2D eigenvalue weighted by Gasteiger charge is -2.11. The largest absolute Gasteiger partial charge is 0.495 e. The lowest BCUT2D eigenvalue weighted by Crippen LogP contribution is -2.12. The van der Waals surface area contributed by atoms with E-state index in [2.05, 4.69) is 5.32 Å². The first-order chi connectivity index (χ1) is 12.0. The van der Waals surface area contributed by atoms with Crippen molar-refractivity contribution in [2.75, 3.05) is 19.0 Å². The van der Waals surface area contributed by atoms with Crippen LogP contribution in [-0.4, -0.2) is 30.7 Å². The van der Waals surface area contributed by atoms with Crippen molar-refractivity contribution in [2.45, 2.75) is 19.8 Å². The minimum atomic E-state index is -0.845. The van der Waals surface area contributed by atoms with Gasteiger partial charge in [0.2, 0.25) is 0 Å². The maximum absolute atomic E-state index is 12.4. The fourth-order valence-corrected chi connectivity index (χ4v) is 2.23. The summed E-state index contributed by atoms with van der Waals surface area (Å²) in [7, 11) is 1.55. The number of benzene rings is 2. The van der Waals surface area contributed by atoms with Gasteiger partial charge in [0.25, 0.3) is 5.91 Å². The topological polar surface area (TPSA) is 84.9 Å². The van der Waals surface area contributed by atoms with Gasteiger partial charge >= 0.3 is 5.97 Å². The van der Waals surface area contributed by atoms with Crippen molar-refractivity contribution in [1.29, 1.82) is 0 Å². The average molecular weight is 343 g/mol. The van der Waals surface area contributed by atoms with Crippen LogP contribution in [0.3, 0.4) is 0 Å². The minimum absolute atomic E-state index is 0.0683. The van der Waals surface area contributed by atoms with Gasteiger partial charge in [-0.05, 0) is 55.3 Å². The van der Waals surface area contributed by atoms with E-state index in [0.29, 0.717) is 35.8 Å². The van der Waals surface area contributed by atoms with Crippen molar-refractivity contribution in [2.24, 2.45) is 0 Å². The number of methoxy groups -OCH3 is 1. The van der Waals surface area contributed by atoms with Crippen molar-refractivity contribution in [3.8, 4) is 11.5 Å². The van der Waals surface area contributed by atoms with E-state index >= 15 is 0 Å². The molecule has 1 amide bonds. The molecule has 6 nitrogen and oxygen atoms in total. The second kappa shape index (κ2) is 8.73. The van der Waals surface area contributed by atoms with E-state index in [0.717, 1.165) is 5.56 Å². The molecular formula is C19H21NO5. The standard InChI is InChI=1S/C19H21NO5/c1-13-5-10-17(24-2)16(12-13)20-19(23)14-6-8-15(9-7-14)25-11-3-4-18(21)22/h5-10,12H,3-4,11H2,1-2H3,(H,20,23)(H,21,22). The van der Waals surface area contributed by atoms with Gasteiger partial charge in [0.15, 0.2) is 0 Å². The Hall–Kier alpha value is -3.02. The number of carboxylic acids is 1. The number of anilines is 1. The molecule has 2 aromatic rings. The van der Waals surface area contributed by atoms with Gasteiger partial charge in [-0.15, -0.1) is 0 Å². The van der Waals surface area contributed by atoms with Crippen LogP contribution in [0.4, 0.5) is 5.69 Å². The summed E-state index contributed by atoms with van der Waals surface area (Å²) >= 11 is 0. The normalized spacial score (nSPS) is 10.2. The summed E-state index contributed by atoms with van der Waals surface area (Å²) in [5.41, 5.74) is 2.11. The molecule has 0 aliphatic heterocycles. The number of carbonyl (C=O) groups is 2. The smallest absolute Gasteiger partial charge is 0.303 e. The third kappa shape index (κ3) is 5.53. The third-order valence-corrected chi connectivity index (χ3v) is 3.52. The van der Waals surface area contributed by atoms with E-state index in [-0.39, 0.29) is 12.3 Å². The van der Waals surface area contributed by atoms with Gasteiger partial charge in [-0.25, -0.2) is 0 Å². The molecule has 0 unspecified atom stereocenters. The van der Waals surface area contributed by atoms with Gasteiger partial charge in [0.1, 0.15) is 11.5 Å². The summed E-state index contributed by atoms with van der Waals surface area (Å²) in [6, 6.07) is 12.2. The van der Waals surface area contributed by atoms with E-state index in [4.69, 9.17) is 14.6 Å². The fraction of sp³-hybridized carbons (Fsp3) is 0.263. The highest BCUT2D eigenvalue weighted by Crippen LogP contribution is 2.26. The maximum atomic E-state index is 12.4. The Morgan fingerprint density at radius 3 is 2.48 bits per heavy atom. The predicted octanol–water partition coefficient (Wildman–Crippen LogP) is 3.50. The highest BCUT2D eigenvalue weighted by atomic mass is 16.5. The van der Waals surface area contributed by atoms with Gasteiger partial charge < -0.3 is 19.9 Å². The molecule has 0 saturated heterocycles. The number of amides is 1. The Morgan fingerprint density at radius 2 is 1.84 bits per heavy atom. The van der Waals surface area contributed by atoms with E-state index in [1.807, 2.05) is 19.1 Å². The molecule has 0 aliphatic rings. The van der Waals surface area contributed by atoms with Crippen molar-refractivity contribution >= 4 is 17.6 Å². The molecule has 2 aromatic carbocycles. The molecule has 0 heterocycles. The van der Waals surface area contributed by atoms with E-state index in [1.165, 1.54) is 0 Å². The number of carboxylic acid groups (broad SMARTS) is 1. The summed E-state index contributed by atoms with van der Waals surface area (Å²) in [5.74, 6) is 0.0935. The zero-order valence-corrected chi connectivity index (χ0v) is 14.2. The molecule has 0 fully saturated rings. The molecule has 2 N–H and O–H groups in total. The fourth-order valence-electron chi connectivity index (χ4n) is 2.23. The van der Waals surface area contributed by atoms with Gasteiger partial charge in [-0.2, -0.15) is 0 Å². The van der Waals surface area contributed by atoms with Crippen LogP contribution < -0.4 is 14.8 Å². The minimum Gasteiger partial charge on any atom is -0.495 e. The highest BCUT2D eigenvalue weighted by molar-refractivity contribution is 6.05. The SMILES string of the molecule is COc1ccc(C)cc1NC(=O)c1ccc(OCCCC(=O)O)cc1. The van der Waals surface area contributed by atoms with Crippen LogP contribution in [0, 0.1) is 6.92 Å². The number of hydrogen-bond donors (Lipinski definition) is 2. The summed E-state index contributed by atoms with van der Waals surface area (Å²) < 4.78 is 10.7. The quantitative estimate of drug-likeness (QED) is 0.717. The highest BCUT2D eigenvalue weighted by Gasteiger charge is 2.10. The van der Waals surface area contributed by atoms with Gasteiger partial charge in [-0.1, -0.05) is 6.07 Å². The first-order valence-electron chi connectivity index (χ1n) is 7.90. The Kier molecular flexibility index (Phi) is 6.39. The maximum Gasteiger partial charge on any atom is 0.303 e. The first-order valence-corrected chi connectivity index (χ1v) is 7.90. The number of ether oxygens (including phenoxy) is 2. The van der Waals surface area contributed by atoms with Crippen LogP contribution in [0.1, 0.15) is 28.8 Å². The number of hydrogen-bond acceptors (Lipinski definition) is 4. The Morgan fingerprint density at radius 1 is 1.12 bits per heavy atom. The summed E-state index contributed by atoms with van der Waals surface area (Å²) in [6.45, 7) is 2.25. The van der Waals surface area contributed by atoms with Gasteiger partial charge in [-0.3, -0.25) is 9.59 Å². The zero-order chi connectivity index (χ0) is 18.2. The van der Waals surface area contributed by atoms with Crippen LogP contribution in [0.2, 0.25) is 0 Å². The van der Waals surface area contributed by atoms with Crippen molar-refractivity contribution in [1.82, 2.24) is 0 Å². The summed E-state index contributed by atoms with van der Waals surface area (Å²) in [6.07, 6.45) is 0.504. The summed E-state index contributed by atoms with van der Waals surface area (Å²) in [5, 5.41) is 11.4. The molecule has 0 spiro atoms. The van der Waals surface area contributed by atoms with Crippen LogP contribution in [0.15, 0.2) is 42.5 Å². The molecule has 0 aromatic heterocycles. The number of aliphatic carboxylic acids is 1. The molecule has 0 saturated carbocycles. The van der Waals surface area contributed by atoms with Gasteiger partial charge in [0.05, 0.1) is 19.4 Å². The molecule has 25 heavy (non-hydrogen) atoms. The van der Waals surface area contributed by atoms with E-state index in [9.17, 15) is 9.59 Å². The first kappa shape index (κ1) is 18.3. The van der Waals surface area contributed by atoms with Crippen molar-refractivity contribution in [3.63, 3.8) is 0 Å². The number of carbonyl (C=O) groups excluding carboxylic acids is 1. The molecule has 0 atom stereocenters. The lowest BCUT2D eigenvalue weighted by molar-refractivity contribution is -0.137. The second-order valence-corrected chi connectivity index (χ2v) is 5.53. The lowest BCUT2D eigenvalue weighted by atomic mass is 10.1. The van der Waals surface area contributed by atoms with Crippen molar-refractivity contribution < 1.29 is 24.2 Å². The van der Waals surface area contributed by atoms with Crippen LogP contribution in [0.5, 0.6) is 11.5 Å². The van der Waals surface area contributed by atoms with E-state index in [1.54, 1.807) is 37.4 Å². The number of nitrogens with one attached hydrogen (secondary N) is 1. The Balaban J connectivity index is 1.96. The van der Waals surface area contributed by atoms with Crippen LogP contribution in [0.25, 0.3) is 0 Å². The molecule has 0 radical (unpaired) electrons. The molecule has 132 valence electrons. The second-order valence-electron chi connectivity index (χ2n) is 5.53. The average Bonchev–Trinajstić information content (AvgIpc) is 2.59. The monoisotopic (exact) mass is 343 g/mol. The predicted molar refractivity (Wildman–Crippen MR) is 94.5 cm³/mol. The number of aryl methyl sites for hydroxylation is 1. The Labute approximate surface area is 146 Å². The number of rotatable bonds is 8. The summed E-state index contributed by atoms with van der Waals surface area (Å²) in [4.78, 5) is 22.8. The van der Waals surface area contributed by atoms with Gasteiger partial charge in [0, 0.05) is 12.0 Å².